The normalized spacial score (nSPS) is 12.7. The van der Waals surface area contributed by atoms with Crippen LogP contribution in [0.3, 0.4) is 0 Å². The molecule has 0 amide bonds. The molecule has 18 heavy (non-hydrogen) atoms. The summed E-state index contributed by atoms with van der Waals surface area (Å²) in [5, 5.41) is 0. The molecule has 1 unspecified atom stereocenters. The summed E-state index contributed by atoms with van der Waals surface area (Å²) in [4.78, 5) is 2.35. The number of hydrogen-bond acceptors (Lipinski definition) is 4. The van der Waals surface area contributed by atoms with E-state index in [1.165, 1.54) is 17.7 Å². The van der Waals surface area contributed by atoms with Gasteiger partial charge in [-0.05, 0) is 50.1 Å². The van der Waals surface area contributed by atoms with Gasteiger partial charge >= 0.3 is 0 Å². The predicted octanol–water partition coefficient (Wildman–Crippen LogP) is 2.85. The molecule has 1 aromatic rings. The summed E-state index contributed by atoms with van der Waals surface area (Å²) in [5.41, 5.74) is 7.82. The molecule has 4 heteroatoms. The Balaban J connectivity index is 2.63. The summed E-state index contributed by atoms with van der Waals surface area (Å²) in [6.07, 6.45) is 3.35. The van der Waals surface area contributed by atoms with E-state index < -0.39 is 0 Å². The zero-order valence-corrected chi connectivity index (χ0v) is 12.6. The van der Waals surface area contributed by atoms with E-state index >= 15 is 0 Å². The van der Waals surface area contributed by atoms with Crippen LogP contribution in [0.25, 0.3) is 0 Å². The zero-order chi connectivity index (χ0) is 13.5. The number of hydrogen-bond donors (Lipinski definition) is 1. The Morgan fingerprint density at radius 1 is 1.39 bits per heavy atom. The third-order valence-corrected chi connectivity index (χ3v) is 3.79. The molecule has 0 radical (unpaired) electrons. The summed E-state index contributed by atoms with van der Waals surface area (Å²) in [6, 6.07) is 6.49. The van der Waals surface area contributed by atoms with Gasteiger partial charge in [0.15, 0.2) is 0 Å². The van der Waals surface area contributed by atoms with Crippen LogP contribution in [0.15, 0.2) is 18.2 Å². The lowest BCUT2D eigenvalue weighted by Gasteiger charge is -2.24. The number of rotatable bonds is 7. The Hall–Kier alpha value is -0.870. The minimum Gasteiger partial charge on any atom is -0.497 e. The molecule has 1 rings (SSSR count). The number of benzene rings is 1. The van der Waals surface area contributed by atoms with Gasteiger partial charge in [-0.1, -0.05) is 0 Å². The van der Waals surface area contributed by atoms with E-state index in [1.54, 1.807) is 7.11 Å². The average Bonchev–Trinajstić information content (AvgIpc) is 2.34. The van der Waals surface area contributed by atoms with Gasteiger partial charge in [-0.15, -0.1) is 0 Å². The van der Waals surface area contributed by atoms with Crippen molar-refractivity contribution >= 4 is 17.4 Å². The fraction of sp³-hybridized carbons (Fsp3) is 0.571. The lowest BCUT2D eigenvalue weighted by molar-refractivity contribution is 0.245. The highest BCUT2D eigenvalue weighted by molar-refractivity contribution is 7.98. The van der Waals surface area contributed by atoms with Gasteiger partial charge in [-0.3, -0.25) is 4.90 Å². The van der Waals surface area contributed by atoms with Crippen molar-refractivity contribution in [3.8, 4) is 5.75 Å². The Labute approximate surface area is 115 Å². The summed E-state index contributed by atoms with van der Waals surface area (Å²) < 4.78 is 5.24. The van der Waals surface area contributed by atoms with Gasteiger partial charge in [0.2, 0.25) is 0 Å². The molecule has 0 bridgehead atoms. The summed E-state index contributed by atoms with van der Waals surface area (Å²) in [6.45, 7) is 3.16. The van der Waals surface area contributed by atoms with Crippen LogP contribution in [-0.4, -0.2) is 37.1 Å². The van der Waals surface area contributed by atoms with Crippen molar-refractivity contribution < 1.29 is 4.74 Å². The maximum absolute atomic E-state index is 5.87. The van der Waals surface area contributed by atoms with Crippen molar-refractivity contribution in [3.05, 3.63) is 23.8 Å². The Kier molecular flexibility index (Phi) is 6.36. The van der Waals surface area contributed by atoms with Gasteiger partial charge in [0.05, 0.1) is 7.11 Å². The average molecular weight is 268 g/mol. The largest absolute Gasteiger partial charge is 0.497 e. The van der Waals surface area contributed by atoms with E-state index in [2.05, 4.69) is 25.1 Å². The van der Waals surface area contributed by atoms with Crippen molar-refractivity contribution in [2.45, 2.75) is 25.9 Å². The van der Waals surface area contributed by atoms with Crippen molar-refractivity contribution in [2.75, 3.05) is 31.9 Å². The van der Waals surface area contributed by atoms with E-state index in [9.17, 15) is 0 Å². The zero-order valence-electron chi connectivity index (χ0n) is 11.8. The molecular weight excluding hydrogens is 244 g/mol. The van der Waals surface area contributed by atoms with Gasteiger partial charge < -0.3 is 10.5 Å². The minimum atomic E-state index is 0.574. The maximum Gasteiger partial charge on any atom is 0.121 e. The molecule has 0 saturated heterocycles. The first kappa shape index (κ1) is 15.2. The number of thioether (sulfide) groups is 1. The highest BCUT2D eigenvalue weighted by Gasteiger charge is 2.10. The quantitative estimate of drug-likeness (QED) is 0.772. The molecule has 0 aliphatic carbocycles. The summed E-state index contributed by atoms with van der Waals surface area (Å²) >= 11 is 1.90. The molecule has 0 aliphatic rings. The molecule has 0 aliphatic heterocycles. The second-order valence-electron chi connectivity index (χ2n) is 4.66. The van der Waals surface area contributed by atoms with Crippen LogP contribution in [0.4, 0.5) is 5.69 Å². The topological polar surface area (TPSA) is 38.5 Å². The summed E-state index contributed by atoms with van der Waals surface area (Å²) in [5.74, 6) is 2.03. The number of anilines is 1. The molecule has 2 N–H and O–H groups in total. The lowest BCUT2D eigenvalue weighted by atomic mass is 10.1. The molecule has 0 aromatic heterocycles. The van der Waals surface area contributed by atoms with Crippen LogP contribution < -0.4 is 10.5 Å². The van der Waals surface area contributed by atoms with E-state index in [0.29, 0.717) is 6.04 Å². The van der Waals surface area contributed by atoms with E-state index in [4.69, 9.17) is 10.5 Å². The number of methoxy groups -OCH3 is 1. The van der Waals surface area contributed by atoms with E-state index in [-0.39, 0.29) is 0 Å². The monoisotopic (exact) mass is 268 g/mol. The van der Waals surface area contributed by atoms with Crippen LogP contribution in [0.1, 0.15) is 18.9 Å². The van der Waals surface area contributed by atoms with Gasteiger partial charge in [0, 0.05) is 24.3 Å². The number of nitrogen functional groups attached to an aromatic ring is 1. The first-order valence-corrected chi connectivity index (χ1v) is 7.58. The van der Waals surface area contributed by atoms with Crippen molar-refractivity contribution in [3.63, 3.8) is 0 Å². The summed E-state index contributed by atoms with van der Waals surface area (Å²) in [7, 11) is 3.82. The number of nitrogens with zero attached hydrogens (tertiary/aromatic N) is 1. The van der Waals surface area contributed by atoms with Crippen molar-refractivity contribution in [1.29, 1.82) is 0 Å². The Morgan fingerprint density at radius 2 is 2.11 bits per heavy atom. The SMILES string of the molecule is COc1cc(N)cc(CN(C)C(C)CCSC)c1. The van der Waals surface area contributed by atoms with Gasteiger partial charge in [0.25, 0.3) is 0 Å². The number of ether oxygens (including phenoxy) is 1. The fourth-order valence-corrected chi connectivity index (χ4v) is 2.42. The molecule has 1 atom stereocenters. The van der Waals surface area contributed by atoms with Crippen LogP contribution in [0.2, 0.25) is 0 Å². The molecule has 3 nitrogen and oxygen atoms in total. The lowest BCUT2D eigenvalue weighted by Crippen LogP contribution is -2.29. The minimum absolute atomic E-state index is 0.574. The molecule has 102 valence electrons. The highest BCUT2D eigenvalue weighted by Crippen LogP contribution is 2.20. The van der Waals surface area contributed by atoms with Crippen molar-refractivity contribution in [2.24, 2.45) is 0 Å². The third-order valence-electron chi connectivity index (χ3n) is 3.15. The standard InChI is InChI=1S/C14H24N2OS/c1-11(5-6-18-4)16(2)10-12-7-13(15)9-14(8-12)17-3/h7-9,11H,5-6,10,15H2,1-4H3. The highest BCUT2D eigenvalue weighted by atomic mass is 32.2. The van der Waals surface area contributed by atoms with Gasteiger partial charge in [-0.25, -0.2) is 0 Å². The first-order valence-electron chi connectivity index (χ1n) is 6.19. The predicted molar refractivity (Wildman–Crippen MR) is 81.3 cm³/mol. The number of nitrogens with two attached hydrogens (primary N) is 1. The van der Waals surface area contributed by atoms with Crippen LogP contribution >= 0.6 is 11.8 Å². The second-order valence-corrected chi connectivity index (χ2v) is 5.65. The molecule has 0 saturated carbocycles. The van der Waals surface area contributed by atoms with Crippen LogP contribution in [0.5, 0.6) is 5.75 Å². The molecule has 0 spiro atoms. The van der Waals surface area contributed by atoms with Gasteiger partial charge in [0.1, 0.15) is 5.75 Å². The molecular formula is C14H24N2OS. The smallest absolute Gasteiger partial charge is 0.121 e. The van der Waals surface area contributed by atoms with Crippen LogP contribution in [0, 0.1) is 0 Å². The molecule has 1 aromatic carbocycles. The third kappa shape index (κ3) is 4.78. The Morgan fingerprint density at radius 3 is 2.72 bits per heavy atom. The van der Waals surface area contributed by atoms with E-state index in [1.807, 2.05) is 30.0 Å². The molecule has 0 heterocycles. The molecule has 0 fully saturated rings. The van der Waals surface area contributed by atoms with Crippen LogP contribution in [-0.2, 0) is 6.54 Å². The van der Waals surface area contributed by atoms with Gasteiger partial charge in [-0.2, -0.15) is 11.8 Å². The van der Waals surface area contributed by atoms with E-state index in [0.717, 1.165) is 18.0 Å². The van der Waals surface area contributed by atoms with Crippen molar-refractivity contribution in [1.82, 2.24) is 4.90 Å². The Bertz CT molecular complexity index is 371. The fourth-order valence-electron chi connectivity index (χ4n) is 1.85. The second kappa shape index (κ2) is 7.54. The maximum atomic E-state index is 5.87. The first-order chi connectivity index (χ1) is 8.56.